The molecule has 0 saturated carbocycles. The highest BCUT2D eigenvalue weighted by Crippen LogP contribution is 2.28. The Labute approximate surface area is 77.8 Å². The largest absolute Gasteiger partial charge is 0.472 e. The van der Waals surface area contributed by atoms with Crippen LogP contribution < -0.4 is 0 Å². The molecule has 1 aromatic heterocycles. The van der Waals surface area contributed by atoms with Gasteiger partial charge in [-0.3, -0.25) is 0 Å². The first kappa shape index (κ1) is 7.19. The molecule has 2 bridgehead atoms. The molecule has 13 heavy (non-hydrogen) atoms. The lowest BCUT2D eigenvalue weighted by Gasteiger charge is -2.20. The van der Waals surface area contributed by atoms with Crippen molar-refractivity contribution in [3.05, 3.63) is 48.0 Å². The molecule has 1 heteroatoms. The van der Waals surface area contributed by atoms with E-state index in [2.05, 4.69) is 24.3 Å². The van der Waals surface area contributed by atoms with Crippen molar-refractivity contribution in [3.63, 3.8) is 0 Å². The minimum Gasteiger partial charge on any atom is -0.472 e. The second kappa shape index (κ2) is 2.63. The highest BCUT2D eigenvalue weighted by molar-refractivity contribution is 5.30. The fourth-order valence-electron chi connectivity index (χ4n) is 2.19. The van der Waals surface area contributed by atoms with E-state index in [0.717, 1.165) is 12.8 Å². The topological polar surface area (TPSA) is 13.1 Å². The summed E-state index contributed by atoms with van der Waals surface area (Å²) < 4.78 is 5.25. The van der Waals surface area contributed by atoms with Gasteiger partial charge in [0.15, 0.2) is 0 Å². The molecule has 3 aliphatic rings. The standard InChI is InChI=1S/C12H12O/c1-2-10-4-3-9(1)5-11-7-13-8-12(11)6-10/h1-4,7-10H,5-6H2. The molecule has 0 amide bonds. The first-order valence-corrected chi connectivity index (χ1v) is 4.82. The zero-order chi connectivity index (χ0) is 8.67. The lowest BCUT2D eigenvalue weighted by Crippen LogP contribution is -2.12. The van der Waals surface area contributed by atoms with Crippen LogP contribution >= 0.6 is 0 Å². The summed E-state index contributed by atoms with van der Waals surface area (Å²) in [6.45, 7) is 0. The van der Waals surface area contributed by atoms with Gasteiger partial charge in [-0.05, 0) is 35.8 Å². The molecule has 0 aliphatic heterocycles. The summed E-state index contributed by atoms with van der Waals surface area (Å²) in [5, 5.41) is 0. The van der Waals surface area contributed by atoms with Gasteiger partial charge in [0.2, 0.25) is 0 Å². The predicted octanol–water partition coefficient (Wildman–Crippen LogP) is 2.74. The van der Waals surface area contributed by atoms with Crippen LogP contribution in [0.5, 0.6) is 0 Å². The maximum Gasteiger partial charge on any atom is 0.0937 e. The van der Waals surface area contributed by atoms with Crippen molar-refractivity contribution in [3.8, 4) is 0 Å². The Morgan fingerprint density at radius 2 is 1.31 bits per heavy atom. The maximum atomic E-state index is 5.25. The Kier molecular flexibility index (Phi) is 1.45. The molecule has 0 spiro atoms. The molecule has 0 unspecified atom stereocenters. The van der Waals surface area contributed by atoms with Crippen LogP contribution in [0.3, 0.4) is 0 Å². The van der Waals surface area contributed by atoms with Crippen LogP contribution in [0.25, 0.3) is 0 Å². The van der Waals surface area contributed by atoms with E-state index in [4.69, 9.17) is 4.42 Å². The number of furan rings is 1. The van der Waals surface area contributed by atoms with Gasteiger partial charge in [0.1, 0.15) is 0 Å². The van der Waals surface area contributed by atoms with Gasteiger partial charge in [-0.25, -0.2) is 0 Å². The fourth-order valence-corrected chi connectivity index (χ4v) is 2.19. The lowest BCUT2D eigenvalue weighted by molar-refractivity contribution is 0.560. The Morgan fingerprint density at radius 1 is 0.846 bits per heavy atom. The average Bonchev–Trinajstić information content (AvgIpc) is 2.52. The Balaban J connectivity index is 2.05. The molecule has 1 aromatic rings. The van der Waals surface area contributed by atoms with E-state index in [1.54, 1.807) is 0 Å². The van der Waals surface area contributed by atoms with Gasteiger partial charge >= 0.3 is 0 Å². The van der Waals surface area contributed by atoms with Crippen molar-refractivity contribution in [2.75, 3.05) is 0 Å². The van der Waals surface area contributed by atoms with Crippen molar-refractivity contribution in [1.29, 1.82) is 0 Å². The van der Waals surface area contributed by atoms with Gasteiger partial charge in [-0.15, -0.1) is 0 Å². The molecule has 0 fully saturated rings. The molecular formula is C12H12O. The van der Waals surface area contributed by atoms with Gasteiger partial charge in [-0.1, -0.05) is 24.3 Å². The van der Waals surface area contributed by atoms with Crippen LogP contribution in [0.4, 0.5) is 0 Å². The second-order valence-corrected chi connectivity index (χ2v) is 3.93. The number of hydrogen-bond acceptors (Lipinski definition) is 1. The van der Waals surface area contributed by atoms with E-state index in [-0.39, 0.29) is 0 Å². The molecule has 3 aliphatic carbocycles. The predicted molar refractivity (Wildman–Crippen MR) is 51.4 cm³/mol. The van der Waals surface area contributed by atoms with Crippen molar-refractivity contribution in [1.82, 2.24) is 0 Å². The van der Waals surface area contributed by atoms with Crippen LogP contribution in [0, 0.1) is 11.8 Å². The molecule has 0 N–H and O–H groups in total. The molecule has 0 saturated heterocycles. The van der Waals surface area contributed by atoms with Crippen LogP contribution in [-0.4, -0.2) is 0 Å². The number of hydrogen-bond donors (Lipinski definition) is 0. The monoisotopic (exact) mass is 172 g/mol. The van der Waals surface area contributed by atoms with Crippen LogP contribution in [0.2, 0.25) is 0 Å². The van der Waals surface area contributed by atoms with Gasteiger partial charge in [0.05, 0.1) is 12.5 Å². The third-order valence-corrected chi connectivity index (χ3v) is 2.96. The van der Waals surface area contributed by atoms with E-state index in [0.29, 0.717) is 11.8 Å². The van der Waals surface area contributed by atoms with E-state index in [9.17, 15) is 0 Å². The summed E-state index contributed by atoms with van der Waals surface area (Å²) in [7, 11) is 0. The van der Waals surface area contributed by atoms with Gasteiger partial charge in [0, 0.05) is 0 Å². The normalized spacial score (nSPS) is 29.8. The summed E-state index contributed by atoms with van der Waals surface area (Å²) in [5.74, 6) is 1.18. The summed E-state index contributed by atoms with van der Waals surface area (Å²) in [6.07, 6.45) is 15.3. The molecule has 0 aromatic carbocycles. The quantitative estimate of drug-likeness (QED) is 0.548. The summed E-state index contributed by atoms with van der Waals surface area (Å²) in [4.78, 5) is 0. The van der Waals surface area contributed by atoms with Crippen molar-refractivity contribution in [2.45, 2.75) is 12.8 Å². The first-order chi connectivity index (χ1) is 6.42. The Bertz CT molecular complexity index is 324. The summed E-state index contributed by atoms with van der Waals surface area (Å²) in [6, 6.07) is 0. The van der Waals surface area contributed by atoms with E-state index in [1.807, 2.05) is 12.5 Å². The van der Waals surface area contributed by atoms with E-state index < -0.39 is 0 Å². The van der Waals surface area contributed by atoms with Gasteiger partial charge < -0.3 is 4.42 Å². The SMILES string of the molecule is C1=CC2C=CC1Cc1cocc1C2. The van der Waals surface area contributed by atoms with Crippen molar-refractivity contribution >= 4 is 0 Å². The zero-order valence-corrected chi connectivity index (χ0v) is 7.44. The first-order valence-electron chi connectivity index (χ1n) is 4.82. The average molecular weight is 172 g/mol. The molecule has 0 radical (unpaired) electrons. The number of allylic oxidation sites excluding steroid dienone is 4. The highest BCUT2D eigenvalue weighted by Gasteiger charge is 2.18. The molecule has 1 heterocycles. The smallest absolute Gasteiger partial charge is 0.0937 e. The molecule has 1 nitrogen and oxygen atoms in total. The van der Waals surface area contributed by atoms with Crippen molar-refractivity contribution in [2.24, 2.45) is 11.8 Å². The molecule has 4 rings (SSSR count). The Morgan fingerprint density at radius 3 is 1.77 bits per heavy atom. The number of rotatable bonds is 0. The van der Waals surface area contributed by atoms with Gasteiger partial charge in [0.25, 0.3) is 0 Å². The highest BCUT2D eigenvalue weighted by atomic mass is 16.3. The van der Waals surface area contributed by atoms with Crippen LogP contribution in [0.1, 0.15) is 11.1 Å². The summed E-state index contributed by atoms with van der Waals surface area (Å²) in [5.41, 5.74) is 2.78. The third kappa shape index (κ3) is 1.15. The van der Waals surface area contributed by atoms with Crippen LogP contribution in [0.15, 0.2) is 41.2 Å². The Hall–Kier alpha value is -1.24. The molecule has 66 valence electrons. The lowest BCUT2D eigenvalue weighted by atomic mass is 9.84. The second-order valence-electron chi connectivity index (χ2n) is 3.93. The zero-order valence-electron chi connectivity index (χ0n) is 7.44. The molecular weight excluding hydrogens is 160 g/mol. The van der Waals surface area contributed by atoms with Crippen LogP contribution in [-0.2, 0) is 12.8 Å². The molecule has 0 atom stereocenters. The minimum atomic E-state index is 0.591. The third-order valence-electron chi connectivity index (χ3n) is 2.96. The van der Waals surface area contributed by atoms with Crippen molar-refractivity contribution < 1.29 is 4.42 Å². The fraction of sp³-hybridized carbons (Fsp3) is 0.333. The maximum absolute atomic E-state index is 5.25. The summed E-state index contributed by atoms with van der Waals surface area (Å²) >= 11 is 0. The minimum absolute atomic E-state index is 0.591. The van der Waals surface area contributed by atoms with E-state index in [1.165, 1.54) is 11.1 Å². The van der Waals surface area contributed by atoms with E-state index >= 15 is 0 Å². The van der Waals surface area contributed by atoms with Gasteiger partial charge in [-0.2, -0.15) is 0 Å².